The van der Waals surface area contributed by atoms with E-state index >= 15 is 0 Å². The molecular weight excluding hydrogens is 432 g/mol. The molecule has 0 aliphatic rings. The minimum atomic E-state index is 0.584. The quantitative estimate of drug-likeness (QED) is 0.427. The van der Waals surface area contributed by atoms with Gasteiger partial charge in [-0.1, -0.05) is 11.6 Å². The van der Waals surface area contributed by atoms with Crippen molar-refractivity contribution in [1.82, 2.24) is 4.98 Å². The van der Waals surface area contributed by atoms with E-state index in [1.165, 1.54) is 16.9 Å². The zero-order chi connectivity index (χ0) is 18.3. The van der Waals surface area contributed by atoms with Gasteiger partial charge in [0.15, 0.2) is 0 Å². The molecule has 3 nitrogen and oxygen atoms in total. The minimum absolute atomic E-state index is 0.584. The van der Waals surface area contributed by atoms with E-state index in [0.717, 1.165) is 37.9 Å². The molecule has 3 aromatic carbocycles. The number of benzene rings is 3. The Morgan fingerprint density at radius 2 is 1.77 bits per heavy atom. The zero-order valence-corrected chi connectivity index (χ0v) is 17.7. The Labute approximate surface area is 169 Å². The van der Waals surface area contributed by atoms with Gasteiger partial charge in [0.25, 0.3) is 0 Å². The fourth-order valence-corrected chi connectivity index (χ4v) is 4.15. The molecule has 0 saturated heterocycles. The zero-order valence-electron chi connectivity index (χ0n) is 13.8. The fourth-order valence-electron chi connectivity index (χ4n) is 2.81. The molecule has 0 radical (unpaired) electrons. The van der Waals surface area contributed by atoms with Gasteiger partial charge in [0.1, 0.15) is 0 Å². The van der Waals surface area contributed by atoms with Gasteiger partial charge >= 0.3 is 158 Å². The normalized spacial score (nSPS) is 11.1. The molecule has 4 aromatic rings. The molecule has 0 aliphatic heterocycles. The molecule has 0 aliphatic carbocycles. The molecule has 0 fully saturated rings. The van der Waals surface area contributed by atoms with Gasteiger partial charge in [0.05, 0.1) is 0 Å². The number of rotatable bonds is 3. The number of halogens is 2. The molecule has 6 heteroatoms. The van der Waals surface area contributed by atoms with E-state index in [2.05, 4.69) is 4.98 Å². The molecule has 0 amide bonds. The van der Waals surface area contributed by atoms with E-state index in [9.17, 15) is 0 Å². The number of hydrogen-bond acceptors (Lipinski definition) is 3. The molecule has 4 rings (SSSR count). The van der Waals surface area contributed by atoms with E-state index in [-0.39, 0.29) is 0 Å². The van der Waals surface area contributed by atoms with Crippen molar-refractivity contribution in [3.63, 3.8) is 0 Å². The summed E-state index contributed by atoms with van der Waals surface area (Å²) >= 11 is 13.8. The second-order valence-corrected chi connectivity index (χ2v) is 7.93. The monoisotopic (exact) mass is 445 g/mol. The average Bonchev–Trinajstić information content (AvgIpc) is 3.05. The maximum atomic E-state index is 6.32. The van der Waals surface area contributed by atoms with Crippen molar-refractivity contribution >= 4 is 55.5 Å². The SMILES string of the molecule is COc1ccc(-c2nc3cc(-c4ccc(Cl)cc4Cl)ccc3o2)cc1[AsH2]. The third-order valence-corrected chi connectivity index (χ3v) is 5.60. The number of aromatic nitrogens is 1. The average molecular weight is 446 g/mol. The summed E-state index contributed by atoms with van der Waals surface area (Å²) in [6.45, 7) is 0. The molecule has 0 spiro atoms. The first-order chi connectivity index (χ1) is 12.5. The standard InChI is InChI=1S/C20H14AsCl2NO2/c1-25-18-6-3-12(8-15(18)21)20-24-17-9-11(2-7-19(17)26-20)14-5-4-13(22)10-16(14)23/h2-10H,21H2,1H3. The summed E-state index contributed by atoms with van der Waals surface area (Å²) in [5.74, 6) is 1.45. The molecule has 0 N–H and O–H groups in total. The molecule has 0 saturated carbocycles. The van der Waals surface area contributed by atoms with Crippen molar-refractivity contribution in [1.29, 1.82) is 0 Å². The summed E-state index contributed by atoms with van der Waals surface area (Å²) in [6.07, 6.45) is 0. The summed E-state index contributed by atoms with van der Waals surface area (Å²) in [5, 5.41) is 1.22. The summed E-state index contributed by atoms with van der Waals surface area (Å²) in [5.41, 5.74) is 4.31. The number of nitrogens with zero attached hydrogens (tertiary/aromatic N) is 1. The van der Waals surface area contributed by atoms with E-state index < -0.39 is 0 Å². The number of ether oxygens (including phenoxy) is 1. The molecule has 1 aromatic heterocycles. The van der Waals surface area contributed by atoms with Gasteiger partial charge in [0.2, 0.25) is 0 Å². The van der Waals surface area contributed by atoms with Gasteiger partial charge in [-0.15, -0.1) is 0 Å². The maximum absolute atomic E-state index is 6.32. The Morgan fingerprint density at radius 3 is 2.50 bits per heavy atom. The second-order valence-electron chi connectivity index (χ2n) is 5.78. The van der Waals surface area contributed by atoms with Gasteiger partial charge in [-0.3, -0.25) is 0 Å². The number of oxazole rings is 1. The molecular formula is C20H14AsCl2NO2. The Morgan fingerprint density at radius 1 is 0.962 bits per heavy atom. The summed E-state index contributed by atoms with van der Waals surface area (Å²) < 4.78 is 12.3. The van der Waals surface area contributed by atoms with E-state index in [4.69, 9.17) is 32.4 Å². The van der Waals surface area contributed by atoms with Crippen molar-refractivity contribution in [3.05, 3.63) is 64.6 Å². The first-order valence-corrected chi connectivity index (χ1v) is 9.82. The van der Waals surface area contributed by atoms with Crippen molar-refractivity contribution < 1.29 is 9.15 Å². The Balaban J connectivity index is 1.77. The molecule has 1 atom stereocenters. The molecule has 1 unspecified atom stereocenters. The first-order valence-electron chi connectivity index (χ1n) is 7.85. The van der Waals surface area contributed by atoms with Crippen LogP contribution < -0.4 is 9.09 Å². The second kappa shape index (κ2) is 7.00. The van der Waals surface area contributed by atoms with E-state index in [1.54, 1.807) is 13.2 Å². The molecule has 26 heavy (non-hydrogen) atoms. The predicted octanol–water partition coefficient (Wildman–Crippen LogP) is 4.74. The van der Waals surface area contributed by atoms with Crippen molar-refractivity contribution in [3.8, 4) is 28.3 Å². The van der Waals surface area contributed by atoms with Crippen LogP contribution in [0.4, 0.5) is 0 Å². The van der Waals surface area contributed by atoms with Crippen LogP contribution in [0.5, 0.6) is 5.75 Å². The van der Waals surface area contributed by atoms with Crippen LogP contribution in [0.2, 0.25) is 10.0 Å². The van der Waals surface area contributed by atoms with Crippen molar-refractivity contribution in [2.24, 2.45) is 0 Å². The molecule has 130 valence electrons. The van der Waals surface area contributed by atoms with Crippen molar-refractivity contribution in [2.45, 2.75) is 0 Å². The molecule has 0 bridgehead atoms. The Hall–Kier alpha value is -1.93. The summed E-state index contributed by atoms with van der Waals surface area (Å²) in [7, 11) is 1.67. The number of hydrogen-bond donors (Lipinski definition) is 0. The third kappa shape index (κ3) is 3.23. The van der Waals surface area contributed by atoms with Crippen LogP contribution >= 0.6 is 23.2 Å². The number of methoxy groups -OCH3 is 1. The van der Waals surface area contributed by atoms with Crippen LogP contribution in [0.1, 0.15) is 0 Å². The summed E-state index contributed by atoms with van der Waals surface area (Å²) in [4.78, 5) is 4.64. The Kier molecular flexibility index (Phi) is 4.70. The van der Waals surface area contributed by atoms with Gasteiger partial charge in [0, 0.05) is 0 Å². The van der Waals surface area contributed by atoms with Crippen LogP contribution in [0.15, 0.2) is 59.0 Å². The van der Waals surface area contributed by atoms with Gasteiger partial charge in [-0.05, 0) is 0 Å². The third-order valence-electron chi connectivity index (χ3n) is 4.11. The van der Waals surface area contributed by atoms with Crippen molar-refractivity contribution in [2.75, 3.05) is 7.11 Å². The van der Waals surface area contributed by atoms with Crippen LogP contribution in [0.3, 0.4) is 0 Å². The van der Waals surface area contributed by atoms with Crippen LogP contribution in [-0.4, -0.2) is 28.9 Å². The van der Waals surface area contributed by atoms with Gasteiger partial charge in [-0.2, -0.15) is 0 Å². The topological polar surface area (TPSA) is 35.3 Å². The first kappa shape index (κ1) is 17.5. The van der Waals surface area contributed by atoms with Crippen LogP contribution in [0.25, 0.3) is 33.7 Å². The number of fused-ring (bicyclic) bond motifs is 1. The van der Waals surface area contributed by atoms with Crippen LogP contribution in [0, 0.1) is 0 Å². The fraction of sp³-hybridized carbons (Fsp3) is 0.0500. The van der Waals surface area contributed by atoms with E-state index in [0.29, 0.717) is 15.9 Å². The van der Waals surface area contributed by atoms with Gasteiger partial charge < -0.3 is 0 Å². The summed E-state index contributed by atoms with van der Waals surface area (Å²) in [6, 6.07) is 17.2. The molecule has 1 heterocycles. The Bertz CT molecular complexity index is 1120. The van der Waals surface area contributed by atoms with Crippen LogP contribution in [-0.2, 0) is 0 Å². The van der Waals surface area contributed by atoms with Gasteiger partial charge in [-0.25, -0.2) is 0 Å². The van der Waals surface area contributed by atoms with E-state index in [1.807, 2.05) is 48.5 Å². The predicted molar refractivity (Wildman–Crippen MR) is 110 cm³/mol.